The van der Waals surface area contributed by atoms with Gasteiger partial charge in [0, 0.05) is 19.0 Å². The molecule has 2 N–H and O–H groups in total. The summed E-state index contributed by atoms with van der Waals surface area (Å²) < 4.78 is 0. The lowest BCUT2D eigenvalue weighted by molar-refractivity contribution is 0.242. The highest BCUT2D eigenvalue weighted by Crippen LogP contribution is 2.40. The number of hydrogen-bond donors (Lipinski definition) is 2. The Balaban J connectivity index is 1.91. The van der Waals surface area contributed by atoms with Gasteiger partial charge in [-0.2, -0.15) is 0 Å². The molecule has 1 aliphatic rings. The Bertz CT molecular complexity index is 323. The largest absolute Gasteiger partial charge is 0.341 e. The van der Waals surface area contributed by atoms with Crippen LogP contribution in [0.25, 0.3) is 0 Å². The van der Waals surface area contributed by atoms with Crippen LogP contribution in [0.3, 0.4) is 0 Å². The van der Waals surface area contributed by atoms with Crippen molar-refractivity contribution in [1.82, 2.24) is 10.6 Å². The van der Waals surface area contributed by atoms with E-state index >= 15 is 0 Å². The van der Waals surface area contributed by atoms with E-state index in [0.717, 1.165) is 6.42 Å². The summed E-state index contributed by atoms with van der Waals surface area (Å²) in [5.41, 5.74) is 1.31. The molecule has 2 amide bonds. The lowest BCUT2D eigenvalue weighted by Crippen LogP contribution is -2.34. The number of benzene rings is 1. The smallest absolute Gasteiger partial charge is 0.314 e. The maximum atomic E-state index is 11.0. The summed E-state index contributed by atoms with van der Waals surface area (Å²) in [7, 11) is 1.63. The second kappa shape index (κ2) is 3.70. The molecular weight excluding hydrogens is 176 g/mol. The van der Waals surface area contributed by atoms with Crippen molar-refractivity contribution >= 4 is 6.03 Å². The molecule has 1 aliphatic carbocycles. The van der Waals surface area contributed by atoms with Gasteiger partial charge in [0.2, 0.25) is 0 Å². The van der Waals surface area contributed by atoms with E-state index in [-0.39, 0.29) is 6.03 Å². The molecule has 0 saturated heterocycles. The Morgan fingerprint density at radius 3 is 2.71 bits per heavy atom. The van der Waals surface area contributed by atoms with E-state index < -0.39 is 0 Å². The van der Waals surface area contributed by atoms with E-state index in [1.165, 1.54) is 5.56 Å². The SMILES string of the molecule is CNC(=O)NC1CC1c1ccccc1. The summed E-state index contributed by atoms with van der Waals surface area (Å²) in [6.45, 7) is 0. The predicted molar refractivity (Wildman–Crippen MR) is 55.2 cm³/mol. The van der Waals surface area contributed by atoms with E-state index in [1.54, 1.807) is 7.05 Å². The maximum absolute atomic E-state index is 11.0. The van der Waals surface area contributed by atoms with Crippen LogP contribution < -0.4 is 10.6 Å². The van der Waals surface area contributed by atoms with Gasteiger partial charge in [0.05, 0.1) is 0 Å². The Morgan fingerprint density at radius 2 is 2.07 bits per heavy atom. The molecule has 74 valence electrons. The zero-order chi connectivity index (χ0) is 9.97. The van der Waals surface area contributed by atoms with Gasteiger partial charge in [-0.25, -0.2) is 4.79 Å². The third kappa shape index (κ3) is 1.87. The number of carbonyl (C=O) groups excluding carboxylic acids is 1. The van der Waals surface area contributed by atoms with Crippen LogP contribution in [0.15, 0.2) is 30.3 Å². The molecule has 2 atom stereocenters. The Hall–Kier alpha value is -1.51. The monoisotopic (exact) mass is 190 g/mol. The highest BCUT2D eigenvalue weighted by molar-refractivity contribution is 5.74. The quantitative estimate of drug-likeness (QED) is 0.728. The molecule has 1 aromatic carbocycles. The van der Waals surface area contributed by atoms with Crippen LogP contribution in [0.4, 0.5) is 4.79 Å². The molecule has 0 aliphatic heterocycles. The van der Waals surface area contributed by atoms with Crippen molar-refractivity contribution in [3.63, 3.8) is 0 Å². The third-order valence-electron chi connectivity index (χ3n) is 2.56. The minimum Gasteiger partial charge on any atom is -0.341 e. The van der Waals surface area contributed by atoms with Gasteiger partial charge in [-0.3, -0.25) is 0 Å². The molecule has 0 spiro atoms. The van der Waals surface area contributed by atoms with Gasteiger partial charge in [-0.05, 0) is 12.0 Å². The molecule has 3 nitrogen and oxygen atoms in total. The molecule has 1 saturated carbocycles. The van der Waals surface area contributed by atoms with E-state index in [0.29, 0.717) is 12.0 Å². The highest BCUT2D eigenvalue weighted by Gasteiger charge is 2.39. The van der Waals surface area contributed by atoms with Crippen molar-refractivity contribution in [1.29, 1.82) is 0 Å². The van der Waals surface area contributed by atoms with Crippen molar-refractivity contribution in [3.05, 3.63) is 35.9 Å². The molecule has 2 unspecified atom stereocenters. The van der Waals surface area contributed by atoms with Gasteiger partial charge in [0.1, 0.15) is 0 Å². The molecule has 0 aromatic heterocycles. The summed E-state index contributed by atoms with van der Waals surface area (Å²) in [6.07, 6.45) is 1.05. The zero-order valence-electron chi connectivity index (χ0n) is 8.16. The molecule has 2 rings (SSSR count). The number of urea groups is 1. The van der Waals surface area contributed by atoms with Crippen LogP contribution in [-0.4, -0.2) is 19.1 Å². The summed E-state index contributed by atoms with van der Waals surface area (Å²) >= 11 is 0. The highest BCUT2D eigenvalue weighted by atomic mass is 16.2. The van der Waals surface area contributed by atoms with Crippen molar-refractivity contribution in [2.24, 2.45) is 0 Å². The van der Waals surface area contributed by atoms with Crippen molar-refractivity contribution in [2.75, 3.05) is 7.05 Å². The lowest BCUT2D eigenvalue weighted by Gasteiger charge is -2.03. The summed E-state index contributed by atoms with van der Waals surface area (Å²) in [6, 6.07) is 10.5. The van der Waals surface area contributed by atoms with Crippen molar-refractivity contribution in [3.8, 4) is 0 Å². The molecular formula is C11H14N2O. The van der Waals surface area contributed by atoms with Crippen LogP contribution >= 0.6 is 0 Å². The molecule has 14 heavy (non-hydrogen) atoms. The average molecular weight is 190 g/mol. The Kier molecular flexibility index (Phi) is 2.39. The normalized spacial score (nSPS) is 24.1. The fourth-order valence-electron chi connectivity index (χ4n) is 1.66. The first-order valence-electron chi connectivity index (χ1n) is 4.84. The fraction of sp³-hybridized carbons (Fsp3) is 0.364. The number of rotatable bonds is 2. The summed E-state index contributed by atoms with van der Waals surface area (Å²) in [5.74, 6) is 0.508. The van der Waals surface area contributed by atoms with E-state index in [2.05, 4.69) is 22.8 Å². The van der Waals surface area contributed by atoms with Gasteiger partial charge in [0.25, 0.3) is 0 Å². The lowest BCUT2D eigenvalue weighted by atomic mass is 10.1. The van der Waals surface area contributed by atoms with E-state index in [1.807, 2.05) is 18.2 Å². The first-order valence-corrected chi connectivity index (χ1v) is 4.84. The van der Waals surface area contributed by atoms with Crippen LogP contribution in [0, 0.1) is 0 Å². The molecule has 1 fully saturated rings. The number of carbonyl (C=O) groups is 1. The van der Waals surface area contributed by atoms with Crippen LogP contribution in [0.1, 0.15) is 17.9 Å². The maximum Gasteiger partial charge on any atom is 0.314 e. The Morgan fingerprint density at radius 1 is 1.36 bits per heavy atom. The standard InChI is InChI=1S/C11H14N2O/c1-12-11(14)13-10-7-9(10)8-5-3-2-4-6-8/h2-6,9-10H,7H2,1H3,(H2,12,13,14). The number of nitrogens with one attached hydrogen (secondary N) is 2. The minimum absolute atomic E-state index is 0.0894. The van der Waals surface area contributed by atoms with Gasteiger partial charge in [-0.15, -0.1) is 0 Å². The van der Waals surface area contributed by atoms with Crippen LogP contribution in [0.5, 0.6) is 0 Å². The van der Waals surface area contributed by atoms with Crippen molar-refractivity contribution in [2.45, 2.75) is 18.4 Å². The molecule has 3 heteroatoms. The molecule has 1 aromatic rings. The third-order valence-corrected chi connectivity index (χ3v) is 2.56. The summed E-state index contributed by atoms with van der Waals surface area (Å²) in [5, 5.41) is 5.46. The zero-order valence-corrected chi connectivity index (χ0v) is 8.16. The molecule has 0 radical (unpaired) electrons. The van der Waals surface area contributed by atoms with E-state index in [4.69, 9.17) is 0 Å². The van der Waals surface area contributed by atoms with Gasteiger partial charge < -0.3 is 10.6 Å². The minimum atomic E-state index is -0.0894. The van der Waals surface area contributed by atoms with Gasteiger partial charge >= 0.3 is 6.03 Å². The number of amides is 2. The van der Waals surface area contributed by atoms with Crippen LogP contribution in [0.2, 0.25) is 0 Å². The first kappa shape index (κ1) is 9.06. The Labute approximate surface area is 83.5 Å². The predicted octanol–water partition coefficient (Wildman–Crippen LogP) is 1.47. The van der Waals surface area contributed by atoms with Crippen molar-refractivity contribution < 1.29 is 4.79 Å². The topological polar surface area (TPSA) is 41.1 Å². The first-order chi connectivity index (χ1) is 6.81. The fourth-order valence-corrected chi connectivity index (χ4v) is 1.66. The van der Waals surface area contributed by atoms with Gasteiger partial charge in [-0.1, -0.05) is 30.3 Å². The van der Waals surface area contributed by atoms with Crippen LogP contribution in [-0.2, 0) is 0 Å². The van der Waals surface area contributed by atoms with Gasteiger partial charge in [0.15, 0.2) is 0 Å². The average Bonchev–Trinajstić information content (AvgIpc) is 2.98. The summed E-state index contributed by atoms with van der Waals surface area (Å²) in [4.78, 5) is 11.0. The second-order valence-electron chi connectivity index (χ2n) is 3.58. The second-order valence-corrected chi connectivity index (χ2v) is 3.58. The molecule has 0 bridgehead atoms. The van der Waals surface area contributed by atoms with E-state index in [9.17, 15) is 4.79 Å². The number of hydrogen-bond acceptors (Lipinski definition) is 1. The molecule has 0 heterocycles.